The first-order valence-corrected chi connectivity index (χ1v) is 10.3. The molecule has 1 aliphatic carbocycles. The number of alkyl halides is 2. The van der Waals surface area contributed by atoms with Crippen LogP contribution in [0.2, 0.25) is 0 Å². The lowest BCUT2D eigenvalue weighted by molar-refractivity contribution is -0.117. The maximum absolute atomic E-state index is 12.7. The molecule has 2 heterocycles. The maximum Gasteiger partial charge on any atom is 0.273 e. The smallest absolute Gasteiger partial charge is 0.273 e. The van der Waals surface area contributed by atoms with Crippen LogP contribution in [0.3, 0.4) is 0 Å². The molecule has 0 atom stereocenters. The number of carbonyl (C=O) groups is 2. The number of methoxy groups -OCH3 is 1. The van der Waals surface area contributed by atoms with Crippen molar-refractivity contribution in [3.8, 4) is 17.0 Å². The number of hydrogen-bond acceptors (Lipinski definition) is 7. The zero-order valence-corrected chi connectivity index (χ0v) is 18.0. The van der Waals surface area contributed by atoms with E-state index in [9.17, 15) is 18.4 Å². The van der Waals surface area contributed by atoms with Crippen molar-refractivity contribution in [1.29, 1.82) is 0 Å². The van der Waals surface area contributed by atoms with E-state index in [0.717, 1.165) is 17.5 Å². The van der Waals surface area contributed by atoms with E-state index in [1.54, 1.807) is 24.3 Å². The third-order valence-electron chi connectivity index (χ3n) is 5.05. The van der Waals surface area contributed by atoms with E-state index in [4.69, 9.17) is 8.85 Å². The fourth-order valence-electron chi connectivity index (χ4n) is 3.30. The number of nitrogens with zero attached hydrogens (tertiary/aromatic N) is 4. The minimum atomic E-state index is -2.77. The Bertz CT molecular complexity index is 1310. The van der Waals surface area contributed by atoms with E-state index in [-0.39, 0.29) is 34.8 Å². The summed E-state index contributed by atoms with van der Waals surface area (Å²) in [5.74, 6) is -1.04. The lowest BCUT2D eigenvalue weighted by Gasteiger charge is -2.16. The van der Waals surface area contributed by atoms with Crippen molar-refractivity contribution in [3.05, 3.63) is 42.2 Å². The van der Waals surface area contributed by atoms with Crippen LogP contribution < -0.4 is 20.7 Å². The van der Waals surface area contributed by atoms with Gasteiger partial charge in [-0.3, -0.25) is 14.3 Å². The van der Waals surface area contributed by atoms with Gasteiger partial charge in [0.2, 0.25) is 5.91 Å². The van der Waals surface area contributed by atoms with E-state index in [1.807, 2.05) is 5.32 Å². The number of para-hydroxylation sites is 1. The Morgan fingerprint density at radius 3 is 2.79 bits per heavy atom. The lowest BCUT2D eigenvalue weighted by atomic mass is 10.1. The van der Waals surface area contributed by atoms with Crippen LogP contribution in [0.25, 0.3) is 11.3 Å². The summed E-state index contributed by atoms with van der Waals surface area (Å²) in [7, 11) is 1.40. The highest BCUT2D eigenvalue weighted by atomic mass is 19.3. The zero-order chi connectivity index (χ0) is 26.7. The van der Waals surface area contributed by atoms with Crippen molar-refractivity contribution in [1.82, 2.24) is 25.3 Å². The standard InChI is InChI=1S/C22H23F2N7O3/c1-25-22(33)19-16(10-18(28-29-19)27-21(32)12-6-7-12)26-15-5-3-4-13(20(15)34-2)14-8-9-31(30-14)11-17(23)24/h3-5,8-10,12,17H,6-7,11H2,1-2H3,(H,25,33)(H2,26,27,28,32)/i1D3. The number of aromatic nitrogens is 4. The topological polar surface area (TPSA) is 123 Å². The highest BCUT2D eigenvalue weighted by Crippen LogP contribution is 2.38. The molecule has 1 fully saturated rings. The van der Waals surface area contributed by atoms with Crippen LogP contribution in [0, 0.1) is 5.92 Å². The van der Waals surface area contributed by atoms with Crippen molar-refractivity contribution in [3.63, 3.8) is 0 Å². The highest BCUT2D eigenvalue weighted by Gasteiger charge is 2.30. The Balaban J connectivity index is 1.70. The van der Waals surface area contributed by atoms with Gasteiger partial charge in [-0.15, -0.1) is 10.2 Å². The summed E-state index contributed by atoms with van der Waals surface area (Å²) >= 11 is 0. The van der Waals surface area contributed by atoms with Gasteiger partial charge in [-0.25, -0.2) is 8.78 Å². The number of amides is 2. The molecule has 3 aromatic rings. The van der Waals surface area contributed by atoms with Gasteiger partial charge in [-0.05, 0) is 31.0 Å². The quantitative estimate of drug-likeness (QED) is 0.436. The number of halogens is 2. The van der Waals surface area contributed by atoms with Gasteiger partial charge < -0.3 is 20.7 Å². The minimum Gasteiger partial charge on any atom is -0.494 e. The molecule has 0 saturated heterocycles. The van der Waals surface area contributed by atoms with Gasteiger partial charge in [0, 0.05) is 34.8 Å². The maximum atomic E-state index is 12.7. The molecule has 1 aliphatic rings. The molecule has 1 aromatic carbocycles. The SMILES string of the molecule is [2H]C([2H])([2H])NC(=O)c1nnc(NC(=O)C2CC2)cc1Nc1cccc(-c2ccn(CC(F)F)n2)c1OC. The van der Waals surface area contributed by atoms with Crippen LogP contribution in [0.5, 0.6) is 5.75 Å². The van der Waals surface area contributed by atoms with Crippen molar-refractivity contribution in [2.24, 2.45) is 5.92 Å². The van der Waals surface area contributed by atoms with E-state index in [2.05, 4.69) is 25.9 Å². The number of anilines is 3. The Morgan fingerprint density at radius 2 is 2.09 bits per heavy atom. The summed E-state index contributed by atoms with van der Waals surface area (Å²) in [6.45, 7) is -3.34. The average Bonchev–Trinajstić information content (AvgIpc) is 3.57. The second kappa shape index (κ2) is 9.81. The van der Waals surface area contributed by atoms with Crippen LogP contribution in [-0.4, -0.2) is 52.3 Å². The fourth-order valence-corrected chi connectivity index (χ4v) is 3.30. The minimum absolute atomic E-state index is 0.0431. The predicted molar refractivity (Wildman–Crippen MR) is 120 cm³/mol. The molecule has 178 valence electrons. The van der Waals surface area contributed by atoms with E-state index >= 15 is 0 Å². The molecule has 2 aromatic heterocycles. The molecule has 0 aliphatic heterocycles. The van der Waals surface area contributed by atoms with Gasteiger partial charge in [0.25, 0.3) is 12.3 Å². The van der Waals surface area contributed by atoms with Crippen LogP contribution in [0.1, 0.15) is 27.4 Å². The van der Waals surface area contributed by atoms with Crippen molar-refractivity contribution in [2.45, 2.75) is 25.8 Å². The number of rotatable bonds is 9. The summed E-state index contributed by atoms with van der Waals surface area (Å²) in [6.07, 6.45) is 0.372. The highest BCUT2D eigenvalue weighted by molar-refractivity contribution is 6.00. The monoisotopic (exact) mass is 474 g/mol. The van der Waals surface area contributed by atoms with Gasteiger partial charge >= 0.3 is 0 Å². The summed E-state index contributed by atoms with van der Waals surface area (Å²) in [5, 5.41) is 19.3. The molecule has 12 heteroatoms. The summed E-state index contributed by atoms with van der Waals surface area (Å²) in [6, 6.07) is 7.85. The Kier molecular flexibility index (Phi) is 5.59. The number of benzene rings is 1. The van der Waals surface area contributed by atoms with E-state index in [1.165, 1.54) is 19.4 Å². The number of hydrogen-bond donors (Lipinski definition) is 3. The van der Waals surface area contributed by atoms with Crippen LogP contribution in [-0.2, 0) is 11.3 Å². The van der Waals surface area contributed by atoms with Crippen LogP contribution in [0.15, 0.2) is 36.5 Å². The van der Waals surface area contributed by atoms with Crippen LogP contribution >= 0.6 is 0 Å². The van der Waals surface area contributed by atoms with Crippen molar-refractivity contribution < 1.29 is 27.2 Å². The molecule has 0 unspecified atom stereocenters. The third kappa shape index (κ3) is 5.11. The molecule has 0 radical (unpaired) electrons. The van der Waals surface area contributed by atoms with Gasteiger partial charge in [0.05, 0.1) is 24.2 Å². The normalized spacial score (nSPS) is 14.6. The number of nitrogens with one attached hydrogen (secondary N) is 3. The number of carbonyl (C=O) groups excluding carboxylic acids is 2. The second-order valence-electron chi connectivity index (χ2n) is 7.53. The molecule has 4 rings (SSSR count). The van der Waals surface area contributed by atoms with Gasteiger partial charge in [-0.2, -0.15) is 5.10 Å². The molecule has 0 bridgehead atoms. The van der Waals surface area contributed by atoms with E-state index in [0.29, 0.717) is 16.9 Å². The fraction of sp³-hybridized carbons (Fsp3) is 0.318. The van der Waals surface area contributed by atoms with Crippen LogP contribution in [0.4, 0.5) is 26.0 Å². The zero-order valence-electron chi connectivity index (χ0n) is 21.0. The first-order valence-electron chi connectivity index (χ1n) is 11.8. The molecule has 1 saturated carbocycles. The predicted octanol–water partition coefficient (Wildman–Crippen LogP) is 3.07. The Morgan fingerprint density at radius 1 is 1.26 bits per heavy atom. The van der Waals surface area contributed by atoms with Gasteiger partial charge in [0.15, 0.2) is 17.3 Å². The summed E-state index contributed by atoms with van der Waals surface area (Å²) in [4.78, 5) is 24.8. The molecule has 10 nitrogen and oxygen atoms in total. The summed E-state index contributed by atoms with van der Waals surface area (Å²) in [5.41, 5.74) is 0.875. The average molecular weight is 474 g/mol. The van der Waals surface area contributed by atoms with Gasteiger partial charge in [0.1, 0.15) is 6.54 Å². The van der Waals surface area contributed by atoms with Crippen molar-refractivity contribution >= 4 is 29.0 Å². The summed E-state index contributed by atoms with van der Waals surface area (Å²) < 4.78 is 54.1. The molecule has 3 N–H and O–H groups in total. The lowest BCUT2D eigenvalue weighted by Crippen LogP contribution is -2.22. The van der Waals surface area contributed by atoms with Gasteiger partial charge in [-0.1, -0.05) is 6.07 Å². The third-order valence-corrected chi connectivity index (χ3v) is 5.05. The first kappa shape index (κ1) is 19.4. The molecular weight excluding hydrogens is 448 g/mol. The van der Waals surface area contributed by atoms with Crippen molar-refractivity contribution in [2.75, 3.05) is 24.7 Å². The molecule has 2 amide bonds. The molecule has 34 heavy (non-hydrogen) atoms. The Hall–Kier alpha value is -4.09. The number of ether oxygens (including phenoxy) is 1. The molecule has 0 spiro atoms. The Labute approximate surface area is 197 Å². The largest absolute Gasteiger partial charge is 0.494 e. The first-order chi connectivity index (χ1) is 17.5. The molecular formula is C22H23F2N7O3. The second-order valence-corrected chi connectivity index (χ2v) is 7.53. The van der Waals surface area contributed by atoms with E-state index < -0.39 is 25.9 Å².